The quantitative estimate of drug-likeness (QED) is 0.781. The second-order valence-corrected chi connectivity index (χ2v) is 6.37. The van der Waals surface area contributed by atoms with Crippen LogP contribution in [0.5, 0.6) is 0 Å². The van der Waals surface area contributed by atoms with Gasteiger partial charge in [-0.25, -0.2) is 9.48 Å². The van der Waals surface area contributed by atoms with E-state index in [2.05, 4.69) is 10.4 Å². The number of carbonyl (C=O) groups excluding carboxylic acids is 2. The molecule has 1 fully saturated rings. The van der Waals surface area contributed by atoms with Crippen LogP contribution in [0.25, 0.3) is 5.69 Å². The van der Waals surface area contributed by atoms with Gasteiger partial charge in [-0.3, -0.25) is 4.79 Å². The van der Waals surface area contributed by atoms with Gasteiger partial charge in [0.25, 0.3) is 5.91 Å². The molecule has 0 radical (unpaired) electrons. The molecule has 1 aliphatic rings. The number of rotatable bonds is 6. The number of halogens is 1. The van der Waals surface area contributed by atoms with Crippen LogP contribution in [0, 0.1) is 6.92 Å². The predicted octanol–water partition coefficient (Wildman–Crippen LogP) is 2.29. The number of nitrogens with one attached hydrogen (secondary N) is 1. The minimum Gasteiger partial charge on any atom is -0.452 e. The number of aryl methyl sites for hydroxylation is 1. The van der Waals surface area contributed by atoms with Crippen LogP contribution in [0.2, 0.25) is 5.15 Å². The van der Waals surface area contributed by atoms with Gasteiger partial charge in [-0.15, -0.1) is 0 Å². The lowest BCUT2D eigenvalue weighted by Gasteiger charge is -2.11. The smallest absolute Gasteiger partial charge is 0.343 e. The van der Waals surface area contributed by atoms with Gasteiger partial charge in [0.2, 0.25) is 0 Å². The third-order valence-corrected chi connectivity index (χ3v) is 4.44. The van der Waals surface area contributed by atoms with Crippen LogP contribution >= 0.6 is 11.6 Å². The third-order valence-electron chi connectivity index (χ3n) is 4.09. The van der Waals surface area contributed by atoms with Crippen molar-refractivity contribution in [3.63, 3.8) is 0 Å². The van der Waals surface area contributed by atoms with E-state index in [9.17, 15) is 9.59 Å². The fourth-order valence-electron chi connectivity index (χ4n) is 2.76. The summed E-state index contributed by atoms with van der Waals surface area (Å²) >= 11 is 6.30. The lowest BCUT2D eigenvalue weighted by molar-refractivity contribution is -0.124. The Morgan fingerprint density at radius 1 is 1.38 bits per heavy atom. The van der Waals surface area contributed by atoms with Crippen molar-refractivity contribution in [2.24, 2.45) is 0 Å². The molecule has 2 heterocycles. The molecular formula is C18H20ClN3O4. The fraction of sp³-hybridized carbons (Fsp3) is 0.389. The Morgan fingerprint density at radius 3 is 2.85 bits per heavy atom. The molecule has 1 aromatic carbocycles. The molecule has 1 N–H and O–H groups in total. The summed E-state index contributed by atoms with van der Waals surface area (Å²) < 4.78 is 12.0. The maximum Gasteiger partial charge on any atom is 0.343 e. The van der Waals surface area contributed by atoms with Crippen LogP contribution in [0.3, 0.4) is 0 Å². The Morgan fingerprint density at radius 2 is 2.15 bits per heavy atom. The highest BCUT2D eigenvalue weighted by molar-refractivity contribution is 6.33. The molecule has 1 aromatic heterocycles. The third kappa shape index (κ3) is 4.23. The number of benzene rings is 1. The molecule has 7 nitrogen and oxygen atoms in total. The van der Waals surface area contributed by atoms with E-state index in [0.717, 1.165) is 25.1 Å². The van der Waals surface area contributed by atoms with Crippen molar-refractivity contribution in [2.75, 3.05) is 19.8 Å². The maximum absolute atomic E-state index is 12.3. The van der Waals surface area contributed by atoms with Crippen molar-refractivity contribution in [2.45, 2.75) is 25.9 Å². The number of amides is 1. The monoisotopic (exact) mass is 377 g/mol. The number of hydrogen-bond acceptors (Lipinski definition) is 5. The first-order valence-electron chi connectivity index (χ1n) is 8.42. The van der Waals surface area contributed by atoms with Gasteiger partial charge >= 0.3 is 5.97 Å². The summed E-state index contributed by atoms with van der Waals surface area (Å²) in [5.74, 6) is -1.06. The normalized spacial score (nSPS) is 16.5. The number of hydrogen-bond donors (Lipinski definition) is 1. The molecule has 1 atom stereocenters. The van der Waals surface area contributed by atoms with Gasteiger partial charge < -0.3 is 14.8 Å². The summed E-state index contributed by atoms with van der Waals surface area (Å²) in [6.45, 7) is 2.43. The topological polar surface area (TPSA) is 82.5 Å². The molecule has 1 saturated heterocycles. The molecule has 0 bridgehead atoms. The first-order valence-corrected chi connectivity index (χ1v) is 8.80. The van der Waals surface area contributed by atoms with Gasteiger partial charge in [-0.05, 0) is 31.9 Å². The van der Waals surface area contributed by atoms with Crippen molar-refractivity contribution >= 4 is 23.5 Å². The number of carbonyl (C=O) groups is 2. The standard InChI is InChI=1S/C18H20ClN3O4/c1-12-16(17(19)22(21-12)13-6-3-2-4-7-13)18(24)26-11-15(23)20-10-14-8-5-9-25-14/h2-4,6-7,14H,5,8-11H2,1H3,(H,20,23)/t14-/m1/s1. The van der Waals surface area contributed by atoms with E-state index >= 15 is 0 Å². The van der Waals surface area contributed by atoms with Crippen molar-refractivity contribution in [3.05, 3.63) is 46.7 Å². The SMILES string of the molecule is Cc1nn(-c2ccccc2)c(Cl)c1C(=O)OCC(=O)NC[C@H]1CCCO1. The molecule has 26 heavy (non-hydrogen) atoms. The number of nitrogens with zero attached hydrogens (tertiary/aromatic N) is 2. The molecular weight excluding hydrogens is 358 g/mol. The lowest BCUT2D eigenvalue weighted by Crippen LogP contribution is -2.34. The highest BCUT2D eigenvalue weighted by Crippen LogP contribution is 2.24. The molecule has 138 valence electrons. The second-order valence-electron chi connectivity index (χ2n) is 6.01. The summed E-state index contributed by atoms with van der Waals surface area (Å²) in [6, 6.07) is 9.22. The largest absolute Gasteiger partial charge is 0.452 e. The Kier molecular flexibility index (Phi) is 5.90. The average Bonchev–Trinajstić information content (AvgIpc) is 3.26. The van der Waals surface area contributed by atoms with Gasteiger partial charge in [0.15, 0.2) is 6.61 Å². The maximum atomic E-state index is 12.3. The van der Waals surface area contributed by atoms with E-state index in [4.69, 9.17) is 21.1 Å². The number of para-hydroxylation sites is 1. The van der Waals surface area contributed by atoms with Gasteiger partial charge in [0, 0.05) is 13.2 Å². The summed E-state index contributed by atoms with van der Waals surface area (Å²) in [5, 5.41) is 7.13. The van der Waals surface area contributed by atoms with Crippen molar-refractivity contribution in [3.8, 4) is 5.69 Å². The highest BCUT2D eigenvalue weighted by atomic mass is 35.5. The Balaban J connectivity index is 1.59. The van der Waals surface area contributed by atoms with Crippen molar-refractivity contribution in [1.82, 2.24) is 15.1 Å². The van der Waals surface area contributed by atoms with E-state index in [0.29, 0.717) is 12.2 Å². The van der Waals surface area contributed by atoms with Gasteiger partial charge in [0.1, 0.15) is 10.7 Å². The van der Waals surface area contributed by atoms with Gasteiger partial charge in [-0.1, -0.05) is 29.8 Å². The minimum absolute atomic E-state index is 0.0374. The molecule has 0 saturated carbocycles. The zero-order valence-corrected chi connectivity index (χ0v) is 15.2. The van der Waals surface area contributed by atoms with Crippen LogP contribution in [-0.2, 0) is 14.3 Å². The molecule has 1 aliphatic heterocycles. The van der Waals surface area contributed by atoms with E-state index < -0.39 is 5.97 Å². The average molecular weight is 378 g/mol. The number of ether oxygens (including phenoxy) is 2. The van der Waals surface area contributed by atoms with Crippen LogP contribution in [0.15, 0.2) is 30.3 Å². The van der Waals surface area contributed by atoms with E-state index in [1.807, 2.05) is 30.3 Å². The first kappa shape index (κ1) is 18.4. The van der Waals surface area contributed by atoms with Crippen molar-refractivity contribution in [1.29, 1.82) is 0 Å². The van der Waals surface area contributed by atoms with E-state index in [-0.39, 0.29) is 29.3 Å². The van der Waals surface area contributed by atoms with Gasteiger partial charge in [-0.2, -0.15) is 5.10 Å². The first-order chi connectivity index (χ1) is 12.6. The van der Waals surface area contributed by atoms with Crippen LogP contribution in [0.1, 0.15) is 28.9 Å². The zero-order chi connectivity index (χ0) is 18.5. The fourth-order valence-corrected chi connectivity index (χ4v) is 3.11. The zero-order valence-electron chi connectivity index (χ0n) is 14.4. The Labute approximate surface area is 156 Å². The molecule has 8 heteroatoms. The van der Waals surface area contributed by atoms with Crippen LogP contribution < -0.4 is 5.32 Å². The van der Waals surface area contributed by atoms with Gasteiger partial charge in [0.05, 0.1) is 17.5 Å². The summed E-state index contributed by atoms with van der Waals surface area (Å²) in [4.78, 5) is 24.2. The predicted molar refractivity (Wildman–Crippen MR) is 95.6 cm³/mol. The Bertz CT molecular complexity index is 785. The summed E-state index contributed by atoms with van der Waals surface area (Å²) in [7, 11) is 0. The minimum atomic E-state index is -0.679. The highest BCUT2D eigenvalue weighted by Gasteiger charge is 2.23. The molecule has 1 amide bonds. The number of aromatic nitrogens is 2. The molecule has 0 aliphatic carbocycles. The summed E-state index contributed by atoms with van der Waals surface area (Å²) in [5.41, 5.74) is 1.32. The Hall–Kier alpha value is -2.38. The lowest BCUT2D eigenvalue weighted by atomic mass is 10.2. The van der Waals surface area contributed by atoms with E-state index in [1.165, 1.54) is 4.68 Å². The molecule has 3 rings (SSSR count). The summed E-state index contributed by atoms with van der Waals surface area (Å²) in [6.07, 6.45) is 1.96. The van der Waals surface area contributed by atoms with Crippen LogP contribution in [0.4, 0.5) is 0 Å². The van der Waals surface area contributed by atoms with Crippen LogP contribution in [-0.4, -0.2) is 47.5 Å². The molecule has 0 unspecified atom stereocenters. The van der Waals surface area contributed by atoms with E-state index in [1.54, 1.807) is 6.92 Å². The molecule has 0 spiro atoms. The van der Waals surface area contributed by atoms with Crippen molar-refractivity contribution < 1.29 is 19.1 Å². The number of esters is 1. The second kappa shape index (κ2) is 8.33. The molecule has 2 aromatic rings.